The maximum atomic E-state index is 11.9. The first-order chi connectivity index (χ1) is 14.4. The number of amides is 2. The molecule has 1 atom stereocenters. The van der Waals surface area contributed by atoms with Gasteiger partial charge in [-0.3, -0.25) is 14.8 Å². The summed E-state index contributed by atoms with van der Waals surface area (Å²) in [6, 6.07) is 12.4. The number of hydrogen-bond donors (Lipinski definition) is 3. The molecule has 1 aromatic carbocycles. The van der Waals surface area contributed by atoms with Crippen molar-refractivity contribution in [2.45, 2.75) is 50.3 Å². The lowest BCUT2D eigenvalue weighted by Gasteiger charge is -2.35. The lowest BCUT2D eigenvalue weighted by atomic mass is 9.94. The summed E-state index contributed by atoms with van der Waals surface area (Å²) in [5, 5.41) is 11.9. The molecular weight excluding hydrogens is 416 g/mol. The standard InChI is InChI=1S/C23H28N2O3S2/c1-16(2)24-21(26)12-7-17-5-8-18(9-6-17)19-10-11-20(30-19)23(15-22(27)25-28)13-3-4-14-29-23/h5-12,16,28H,3-4,13-15H2,1-2H3,(H,24,26)(H,25,27)/t23-/m0/s1. The van der Waals surface area contributed by atoms with Gasteiger partial charge in [-0.25, -0.2) is 5.48 Å². The molecule has 0 radical (unpaired) electrons. The van der Waals surface area contributed by atoms with E-state index in [0.29, 0.717) is 0 Å². The van der Waals surface area contributed by atoms with Gasteiger partial charge in [0.2, 0.25) is 11.8 Å². The lowest BCUT2D eigenvalue weighted by Crippen LogP contribution is -2.32. The predicted octanol–water partition coefficient (Wildman–Crippen LogP) is 4.96. The molecule has 160 valence electrons. The number of hydrogen-bond acceptors (Lipinski definition) is 5. The highest BCUT2D eigenvalue weighted by Gasteiger charge is 2.38. The highest BCUT2D eigenvalue weighted by atomic mass is 32.2. The third-order valence-electron chi connectivity index (χ3n) is 5.03. The Balaban J connectivity index is 1.75. The first-order valence-electron chi connectivity index (χ1n) is 10.2. The molecule has 7 heteroatoms. The van der Waals surface area contributed by atoms with E-state index in [2.05, 4.69) is 29.6 Å². The van der Waals surface area contributed by atoms with Crippen molar-refractivity contribution in [1.29, 1.82) is 0 Å². The van der Waals surface area contributed by atoms with Crippen LogP contribution in [-0.4, -0.2) is 28.8 Å². The first kappa shape index (κ1) is 22.6. The molecule has 2 amide bonds. The molecule has 0 spiro atoms. The summed E-state index contributed by atoms with van der Waals surface area (Å²) in [6.07, 6.45) is 6.83. The van der Waals surface area contributed by atoms with Gasteiger partial charge in [-0.1, -0.05) is 30.7 Å². The quantitative estimate of drug-likeness (QED) is 0.320. The van der Waals surface area contributed by atoms with Crippen LogP contribution in [0.15, 0.2) is 42.5 Å². The van der Waals surface area contributed by atoms with E-state index in [4.69, 9.17) is 5.21 Å². The fourth-order valence-corrected chi connectivity index (χ4v) is 6.47. The number of thiophene rings is 1. The largest absolute Gasteiger partial charge is 0.350 e. The van der Waals surface area contributed by atoms with Gasteiger partial charge in [0.05, 0.1) is 4.75 Å². The summed E-state index contributed by atoms with van der Waals surface area (Å²) in [4.78, 5) is 26.0. The van der Waals surface area contributed by atoms with Crippen molar-refractivity contribution in [3.8, 4) is 10.4 Å². The topological polar surface area (TPSA) is 78.4 Å². The average molecular weight is 445 g/mol. The van der Waals surface area contributed by atoms with Gasteiger partial charge in [0, 0.05) is 28.3 Å². The fraction of sp³-hybridized carbons (Fsp3) is 0.391. The minimum atomic E-state index is -0.336. The Morgan fingerprint density at radius 3 is 2.57 bits per heavy atom. The third kappa shape index (κ3) is 5.74. The molecule has 1 fully saturated rings. The second-order valence-corrected chi connectivity index (χ2v) is 10.4. The molecule has 30 heavy (non-hydrogen) atoms. The van der Waals surface area contributed by atoms with E-state index >= 15 is 0 Å². The Kier molecular flexibility index (Phi) is 7.75. The molecule has 1 aliphatic heterocycles. The number of benzene rings is 1. The maximum Gasteiger partial charge on any atom is 0.245 e. The van der Waals surface area contributed by atoms with Gasteiger partial charge in [-0.15, -0.1) is 23.1 Å². The van der Waals surface area contributed by atoms with Crippen LogP contribution in [0.3, 0.4) is 0 Å². The van der Waals surface area contributed by atoms with Crippen LogP contribution in [0.4, 0.5) is 0 Å². The molecular formula is C23H28N2O3S2. The lowest BCUT2D eigenvalue weighted by molar-refractivity contribution is -0.129. The minimum Gasteiger partial charge on any atom is -0.350 e. The van der Waals surface area contributed by atoms with E-state index in [0.717, 1.165) is 41.0 Å². The Morgan fingerprint density at radius 2 is 1.93 bits per heavy atom. The Morgan fingerprint density at radius 1 is 1.17 bits per heavy atom. The van der Waals surface area contributed by atoms with Gasteiger partial charge >= 0.3 is 0 Å². The van der Waals surface area contributed by atoms with Crippen LogP contribution in [0.1, 0.15) is 50.0 Å². The first-order valence-corrected chi connectivity index (χ1v) is 12.0. The van der Waals surface area contributed by atoms with Crippen molar-refractivity contribution in [1.82, 2.24) is 10.8 Å². The third-order valence-corrected chi connectivity index (χ3v) is 8.11. The summed E-state index contributed by atoms with van der Waals surface area (Å²) in [5.41, 5.74) is 3.87. The highest BCUT2D eigenvalue weighted by molar-refractivity contribution is 8.00. The van der Waals surface area contributed by atoms with E-state index in [1.807, 2.05) is 43.8 Å². The van der Waals surface area contributed by atoms with Gasteiger partial charge < -0.3 is 5.32 Å². The maximum absolute atomic E-state index is 11.9. The van der Waals surface area contributed by atoms with Crippen LogP contribution in [0.2, 0.25) is 0 Å². The molecule has 0 bridgehead atoms. The van der Waals surface area contributed by atoms with E-state index in [1.54, 1.807) is 22.9 Å². The molecule has 1 saturated heterocycles. The van der Waals surface area contributed by atoms with Crippen LogP contribution in [0, 0.1) is 0 Å². The van der Waals surface area contributed by atoms with E-state index in [-0.39, 0.29) is 29.0 Å². The van der Waals surface area contributed by atoms with Crippen molar-refractivity contribution in [3.05, 3.63) is 52.9 Å². The van der Waals surface area contributed by atoms with E-state index in [9.17, 15) is 9.59 Å². The molecule has 0 saturated carbocycles. The van der Waals surface area contributed by atoms with Crippen molar-refractivity contribution >= 4 is 41.0 Å². The van der Waals surface area contributed by atoms with Crippen molar-refractivity contribution in [3.63, 3.8) is 0 Å². The molecule has 1 aromatic heterocycles. The zero-order valence-corrected chi connectivity index (χ0v) is 18.9. The highest BCUT2D eigenvalue weighted by Crippen LogP contribution is 2.50. The van der Waals surface area contributed by atoms with Crippen LogP contribution < -0.4 is 10.8 Å². The van der Waals surface area contributed by atoms with Crippen molar-refractivity contribution < 1.29 is 14.8 Å². The van der Waals surface area contributed by atoms with Crippen LogP contribution >= 0.6 is 23.1 Å². The molecule has 0 unspecified atom stereocenters. The van der Waals surface area contributed by atoms with Gasteiger partial charge in [0.15, 0.2) is 0 Å². The Hall–Kier alpha value is -2.09. The zero-order valence-electron chi connectivity index (χ0n) is 17.3. The molecule has 5 nitrogen and oxygen atoms in total. The smallest absolute Gasteiger partial charge is 0.245 e. The number of rotatable bonds is 7. The molecule has 2 heterocycles. The van der Waals surface area contributed by atoms with Crippen LogP contribution in [0.5, 0.6) is 0 Å². The summed E-state index contributed by atoms with van der Waals surface area (Å²) >= 11 is 3.53. The second-order valence-electron chi connectivity index (χ2n) is 7.79. The van der Waals surface area contributed by atoms with E-state index < -0.39 is 0 Å². The Bertz CT molecular complexity index is 897. The van der Waals surface area contributed by atoms with Gasteiger partial charge in [-0.05, 0) is 61.8 Å². The van der Waals surface area contributed by atoms with Gasteiger partial charge in [-0.2, -0.15) is 0 Å². The molecule has 0 aliphatic carbocycles. The summed E-state index contributed by atoms with van der Waals surface area (Å²) in [5.74, 6) is 0.591. The molecule has 2 aromatic rings. The van der Waals surface area contributed by atoms with Crippen molar-refractivity contribution in [2.75, 3.05) is 5.75 Å². The number of nitrogens with one attached hydrogen (secondary N) is 2. The predicted molar refractivity (Wildman–Crippen MR) is 125 cm³/mol. The zero-order chi connectivity index (χ0) is 21.6. The van der Waals surface area contributed by atoms with Crippen LogP contribution in [-0.2, 0) is 14.3 Å². The van der Waals surface area contributed by atoms with Crippen molar-refractivity contribution in [2.24, 2.45) is 0 Å². The van der Waals surface area contributed by atoms with E-state index in [1.165, 1.54) is 4.88 Å². The number of carbonyl (C=O) groups is 2. The number of hydroxylamine groups is 1. The Labute approximate surface area is 185 Å². The minimum absolute atomic E-state index is 0.0980. The monoisotopic (exact) mass is 444 g/mol. The number of thioether (sulfide) groups is 1. The second kappa shape index (κ2) is 10.3. The van der Waals surface area contributed by atoms with Gasteiger partial charge in [0.1, 0.15) is 0 Å². The molecule has 3 N–H and O–H groups in total. The van der Waals surface area contributed by atoms with Crippen LogP contribution in [0.25, 0.3) is 16.5 Å². The normalized spacial score (nSPS) is 19.2. The summed E-state index contributed by atoms with van der Waals surface area (Å²) in [7, 11) is 0. The SMILES string of the molecule is CC(C)NC(=O)C=Cc1ccc(-c2ccc([C@@]3(CC(=O)NO)CCCCS3)s2)cc1. The number of carbonyl (C=O) groups excluding carboxylic acids is 2. The molecule has 1 aliphatic rings. The summed E-state index contributed by atoms with van der Waals surface area (Å²) in [6.45, 7) is 3.87. The van der Waals surface area contributed by atoms with Gasteiger partial charge in [0.25, 0.3) is 0 Å². The average Bonchev–Trinajstić information content (AvgIpc) is 3.24. The fourth-order valence-electron chi connectivity index (χ4n) is 3.57. The summed E-state index contributed by atoms with van der Waals surface area (Å²) < 4.78 is -0.263. The molecule has 3 rings (SSSR count).